The van der Waals surface area contributed by atoms with Crippen LogP contribution in [0.25, 0.3) is 0 Å². The van der Waals surface area contributed by atoms with Crippen molar-refractivity contribution in [1.82, 2.24) is 16.0 Å². The molecule has 20 heteroatoms. The van der Waals surface area contributed by atoms with Crippen LogP contribution in [-0.2, 0) is 30.3 Å². The number of alkyl carbamates (subject to hydrolysis) is 2. The molecule has 1 heterocycles. The minimum Gasteiger partial charge on any atom is -0.623 e. The van der Waals surface area contributed by atoms with Crippen molar-refractivity contribution in [3.05, 3.63) is 40.6 Å². The maximum absolute atomic E-state index is 13.8. The summed E-state index contributed by atoms with van der Waals surface area (Å²) in [4.78, 5) is 38.5. The third-order valence-corrected chi connectivity index (χ3v) is 13.0. The SMILES string of the molecule is CCCCCCCCCCCCCNC(=O)OCC(C)(COC(=O)NCCCCCCCCCCCCC)/[N+]([O-])=C/c1ccc(CNC(=O)[C@H](O)[C@H](O)[C@H](O[C@@H]2O[C@H](CO)[C@H](O)[C@H](O)[C@H]2O)C(O)CO)cc1. The summed E-state index contributed by atoms with van der Waals surface area (Å²) in [7, 11) is 0. The number of aliphatic hydroxyl groups excluding tert-OH is 8. The Labute approximate surface area is 427 Å². The summed E-state index contributed by atoms with van der Waals surface area (Å²) >= 11 is 0. The first-order valence-corrected chi connectivity index (χ1v) is 26.7. The van der Waals surface area contributed by atoms with E-state index in [-0.39, 0.29) is 6.54 Å². The second kappa shape index (κ2) is 37.9. The van der Waals surface area contributed by atoms with Gasteiger partial charge in [0.1, 0.15) is 42.7 Å². The van der Waals surface area contributed by atoms with E-state index in [0.717, 1.165) is 51.4 Å². The zero-order valence-electron chi connectivity index (χ0n) is 43.4. The van der Waals surface area contributed by atoms with Crippen LogP contribution in [0.2, 0.25) is 0 Å². The van der Waals surface area contributed by atoms with Crippen molar-refractivity contribution in [2.45, 2.75) is 229 Å². The van der Waals surface area contributed by atoms with Crippen LogP contribution in [0.15, 0.2) is 24.3 Å². The first kappa shape index (κ1) is 64.4. The fraction of sp³-hybridized carbons (Fsp3) is 0.808. The Morgan fingerprint density at radius 2 is 1.12 bits per heavy atom. The summed E-state index contributed by atoms with van der Waals surface area (Å²) in [5.74, 6) is -1.13. The van der Waals surface area contributed by atoms with Gasteiger partial charge in [-0.2, -0.15) is 4.74 Å². The molecular weight excluding hydrogens is 937 g/mol. The van der Waals surface area contributed by atoms with Gasteiger partial charge in [0.15, 0.2) is 31.8 Å². The highest BCUT2D eigenvalue weighted by Gasteiger charge is 2.47. The van der Waals surface area contributed by atoms with Gasteiger partial charge in [-0.05, 0) is 30.5 Å². The Morgan fingerprint density at radius 1 is 0.681 bits per heavy atom. The van der Waals surface area contributed by atoms with E-state index in [1.165, 1.54) is 103 Å². The van der Waals surface area contributed by atoms with Crippen molar-refractivity contribution >= 4 is 24.3 Å². The number of amides is 3. The topological polar surface area (TPSA) is 312 Å². The number of carbonyl (C=O) groups excluding carboxylic acids is 3. The van der Waals surface area contributed by atoms with Crippen LogP contribution in [0.4, 0.5) is 9.59 Å². The van der Waals surface area contributed by atoms with Gasteiger partial charge in [-0.1, -0.05) is 154 Å². The lowest BCUT2D eigenvalue weighted by molar-refractivity contribution is -0.547. The largest absolute Gasteiger partial charge is 0.623 e. The highest BCUT2D eigenvalue weighted by atomic mass is 16.7. The molecular formula is C52H92N4O16. The van der Waals surface area contributed by atoms with E-state index < -0.39 is 105 Å². The molecule has 0 aliphatic carbocycles. The van der Waals surface area contributed by atoms with Crippen LogP contribution >= 0.6 is 0 Å². The minimum absolute atomic E-state index is 0.188. The molecule has 1 saturated heterocycles. The number of hydrogen-bond acceptors (Lipinski definition) is 16. The molecule has 1 aliphatic rings. The molecule has 1 aromatic rings. The standard InChI is InChI=1S/C52H92N4O16/c1-4-6-8-10-12-14-16-18-20-22-24-30-53-50(66)69-36-52(3,37-70-51(67)54-31-25-23-21-19-17-15-13-11-9-7-5-2)56(68)33-39-28-26-38(27-29-39)32-55-48(65)45(63)44(62)47(40(59)34-57)72-49-46(64)43(61)42(60)41(35-58)71-49/h26-29,33,40-47,49,57-64H,4-25,30-32,34-37H2,1-3H3,(H,53,66)(H,54,67)(H,55,65)/b56-33-/t40?,41-,42+,43+,44+,45-,46-,47-,49+/m1/s1. The quantitative estimate of drug-likeness (QED) is 0.0143. The van der Waals surface area contributed by atoms with E-state index in [1.54, 1.807) is 24.3 Å². The van der Waals surface area contributed by atoms with Crippen LogP contribution in [0.5, 0.6) is 0 Å². The average Bonchev–Trinajstić information content (AvgIpc) is 3.38. The predicted octanol–water partition coefficient (Wildman–Crippen LogP) is 4.33. The smallest absolute Gasteiger partial charge is 0.407 e. The zero-order chi connectivity index (χ0) is 53.2. The number of rotatable bonds is 40. The van der Waals surface area contributed by atoms with Crippen LogP contribution in [0.3, 0.4) is 0 Å². The Bertz CT molecular complexity index is 1580. The molecule has 11 N–H and O–H groups in total. The number of hydrogen-bond donors (Lipinski definition) is 11. The maximum atomic E-state index is 13.8. The molecule has 2 rings (SSSR count). The molecule has 1 unspecified atom stereocenters. The van der Waals surface area contributed by atoms with Crippen molar-refractivity contribution in [2.24, 2.45) is 0 Å². The third kappa shape index (κ3) is 25.5. The molecule has 0 saturated carbocycles. The van der Waals surface area contributed by atoms with Gasteiger partial charge in [0, 0.05) is 32.1 Å². The molecule has 416 valence electrons. The predicted molar refractivity (Wildman–Crippen MR) is 271 cm³/mol. The van der Waals surface area contributed by atoms with Gasteiger partial charge < -0.3 is 81.0 Å². The maximum Gasteiger partial charge on any atom is 0.407 e. The second-order valence-corrected chi connectivity index (χ2v) is 19.5. The van der Waals surface area contributed by atoms with Crippen LogP contribution < -0.4 is 16.0 Å². The Kier molecular flexibility index (Phi) is 33.9. The van der Waals surface area contributed by atoms with Gasteiger partial charge >= 0.3 is 12.2 Å². The van der Waals surface area contributed by atoms with Crippen LogP contribution in [0.1, 0.15) is 173 Å². The number of hydroxylamine groups is 1. The highest BCUT2D eigenvalue weighted by molar-refractivity contribution is 5.81. The van der Waals surface area contributed by atoms with E-state index in [1.807, 2.05) is 0 Å². The van der Waals surface area contributed by atoms with Crippen molar-refractivity contribution in [2.75, 3.05) is 39.5 Å². The summed E-state index contributed by atoms with van der Waals surface area (Å²) in [6, 6.07) is 6.25. The Morgan fingerprint density at radius 3 is 1.56 bits per heavy atom. The summed E-state index contributed by atoms with van der Waals surface area (Å²) in [5, 5.41) is 103. The summed E-state index contributed by atoms with van der Waals surface area (Å²) in [6.07, 6.45) is 8.39. The first-order chi connectivity index (χ1) is 34.6. The summed E-state index contributed by atoms with van der Waals surface area (Å²) in [5.41, 5.74) is -0.656. The highest BCUT2D eigenvalue weighted by Crippen LogP contribution is 2.25. The second-order valence-electron chi connectivity index (χ2n) is 19.5. The molecule has 0 radical (unpaired) electrons. The fourth-order valence-electron chi connectivity index (χ4n) is 8.15. The normalized spacial score (nSPS) is 20.0. The van der Waals surface area contributed by atoms with Crippen molar-refractivity contribution in [3.8, 4) is 0 Å². The molecule has 3 amide bonds. The lowest BCUT2D eigenvalue weighted by atomic mass is 9.98. The fourth-order valence-corrected chi connectivity index (χ4v) is 8.15. The third-order valence-electron chi connectivity index (χ3n) is 13.0. The summed E-state index contributed by atoms with van der Waals surface area (Å²) in [6.45, 7) is 3.92. The van der Waals surface area contributed by atoms with E-state index in [9.17, 15) is 60.4 Å². The lowest BCUT2D eigenvalue weighted by Crippen LogP contribution is -2.62. The number of unbranched alkanes of at least 4 members (excludes halogenated alkanes) is 20. The van der Waals surface area contributed by atoms with E-state index in [0.29, 0.717) is 29.0 Å². The molecule has 0 spiro atoms. The molecule has 72 heavy (non-hydrogen) atoms. The van der Waals surface area contributed by atoms with E-state index >= 15 is 0 Å². The van der Waals surface area contributed by atoms with Gasteiger partial charge in [-0.15, -0.1) is 0 Å². The van der Waals surface area contributed by atoms with Gasteiger partial charge in [-0.3, -0.25) is 4.79 Å². The molecule has 9 atom stereocenters. The Balaban J connectivity index is 1.99. The van der Waals surface area contributed by atoms with Gasteiger partial charge in [0.05, 0.1) is 13.2 Å². The Hall–Kier alpha value is -3.70. The first-order valence-electron chi connectivity index (χ1n) is 26.7. The van der Waals surface area contributed by atoms with Crippen molar-refractivity contribution in [3.63, 3.8) is 0 Å². The van der Waals surface area contributed by atoms with E-state index in [4.69, 9.17) is 18.9 Å². The molecule has 1 aromatic carbocycles. The van der Waals surface area contributed by atoms with Gasteiger partial charge in [0.25, 0.3) is 5.91 Å². The number of aliphatic hydroxyl groups is 8. The molecule has 0 bridgehead atoms. The summed E-state index contributed by atoms with van der Waals surface area (Å²) < 4.78 is 22.2. The number of carbonyl (C=O) groups is 3. The van der Waals surface area contributed by atoms with Crippen LogP contribution in [0, 0.1) is 5.21 Å². The lowest BCUT2D eigenvalue weighted by Gasteiger charge is -2.42. The molecule has 1 aliphatic heterocycles. The number of ether oxygens (including phenoxy) is 4. The van der Waals surface area contributed by atoms with Crippen LogP contribution in [-0.4, -0.2) is 170 Å². The van der Waals surface area contributed by atoms with Crippen molar-refractivity contribution in [1.29, 1.82) is 0 Å². The van der Waals surface area contributed by atoms with E-state index in [2.05, 4.69) is 29.8 Å². The van der Waals surface area contributed by atoms with Gasteiger partial charge in [-0.25, -0.2) is 9.59 Å². The number of benzene rings is 1. The van der Waals surface area contributed by atoms with Crippen molar-refractivity contribution < 1.29 is 78.9 Å². The number of nitrogens with one attached hydrogen (secondary N) is 3. The monoisotopic (exact) mass is 1030 g/mol. The average molecular weight is 1030 g/mol. The molecule has 0 aromatic heterocycles. The number of nitrogens with zero attached hydrogens (tertiary/aromatic N) is 1. The zero-order valence-corrected chi connectivity index (χ0v) is 43.4. The minimum atomic E-state index is -2.26. The molecule has 1 fully saturated rings. The van der Waals surface area contributed by atoms with Gasteiger partial charge in [0.2, 0.25) is 5.54 Å². The molecule has 20 nitrogen and oxygen atoms in total.